The molecular weight excluding hydrogens is 365 g/mol. The van der Waals surface area contributed by atoms with Gasteiger partial charge in [-0.15, -0.1) is 21.5 Å². The predicted molar refractivity (Wildman–Crippen MR) is 99.4 cm³/mol. The maximum absolute atomic E-state index is 13.9. The van der Waals surface area contributed by atoms with Gasteiger partial charge in [0.05, 0.1) is 0 Å². The molecule has 0 atom stereocenters. The molecule has 0 aliphatic rings. The summed E-state index contributed by atoms with van der Waals surface area (Å²) in [7, 11) is 0. The van der Waals surface area contributed by atoms with Gasteiger partial charge in [-0.2, -0.15) is 0 Å². The van der Waals surface area contributed by atoms with Crippen LogP contribution in [0.3, 0.4) is 0 Å². The summed E-state index contributed by atoms with van der Waals surface area (Å²) in [5, 5.41) is 12.0. The number of hydrogen-bond donors (Lipinski definition) is 0. The van der Waals surface area contributed by atoms with Crippen molar-refractivity contribution in [3.05, 3.63) is 50.9 Å². The molecule has 0 aliphatic carbocycles. The maximum Gasteiger partial charge on any atom is 0.192 e. The highest BCUT2D eigenvalue weighted by molar-refractivity contribution is 7.98. The third-order valence-corrected chi connectivity index (χ3v) is 5.76. The molecule has 0 saturated heterocycles. The summed E-state index contributed by atoms with van der Waals surface area (Å²) < 4.78 is 16.0. The number of rotatable bonds is 5. The Morgan fingerprint density at radius 1 is 1.33 bits per heavy atom. The van der Waals surface area contributed by atoms with Gasteiger partial charge >= 0.3 is 0 Å². The molecule has 0 fully saturated rings. The summed E-state index contributed by atoms with van der Waals surface area (Å²) in [4.78, 5) is 1.23. The Kier molecular flexibility index (Phi) is 5.27. The fraction of sp³-hybridized carbons (Fsp3) is 0.294. The molecule has 2 heterocycles. The third kappa shape index (κ3) is 3.50. The molecule has 0 saturated carbocycles. The average molecular weight is 382 g/mol. The highest BCUT2D eigenvalue weighted by Crippen LogP contribution is 2.33. The fourth-order valence-corrected chi connectivity index (χ4v) is 4.50. The van der Waals surface area contributed by atoms with Crippen LogP contribution in [0.5, 0.6) is 0 Å². The van der Waals surface area contributed by atoms with E-state index in [1.807, 2.05) is 0 Å². The van der Waals surface area contributed by atoms with Crippen LogP contribution in [-0.4, -0.2) is 14.8 Å². The molecule has 3 rings (SSSR count). The number of aryl methyl sites for hydroxylation is 1. The van der Waals surface area contributed by atoms with E-state index in [2.05, 4.69) is 47.0 Å². The fourth-order valence-electron chi connectivity index (χ4n) is 2.41. The van der Waals surface area contributed by atoms with Gasteiger partial charge in [0.2, 0.25) is 0 Å². The van der Waals surface area contributed by atoms with Gasteiger partial charge in [-0.25, -0.2) is 4.39 Å². The van der Waals surface area contributed by atoms with Crippen molar-refractivity contribution in [2.75, 3.05) is 0 Å². The molecule has 0 unspecified atom stereocenters. The van der Waals surface area contributed by atoms with Crippen LogP contribution in [0.15, 0.2) is 34.8 Å². The maximum atomic E-state index is 13.9. The zero-order valence-corrected chi connectivity index (χ0v) is 16.0. The van der Waals surface area contributed by atoms with E-state index in [1.165, 1.54) is 22.7 Å². The minimum absolute atomic E-state index is 0.203. The minimum atomic E-state index is -0.292. The van der Waals surface area contributed by atoms with Crippen molar-refractivity contribution in [3.63, 3.8) is 0 Å². The zero-order chi connectivity index (χ0) is 17.3. The first-order chi connectivity index (χ1) is 11.5. The van der Waals surface area contributed by atoms with Gasteiger partial charge in [0.15, 0.2) is 11.0 Å². The van der Waals surface area contributed by atoms with Crippen LogP contribution in [-0.2, 0) is 5.75 Å². The van der Waals surface area contributed by atoms with Crippen LogP contribution in [0, 0.1) is 12.7 Å². The summed E-state index contributed by atoms with van der Waals surface area (Å²) in [5.41, 5.74) is 1.56. The van der Waals surface area contributed by atoms with Crippen LogP contribution in [0.2, 0.25) is 5.02 Å². The smallest absolute Gasteiger partial charge is 0.192 e. The molecule has 0 bridgehead atoms. The number of nitrogens with zero attached hydrogens (tertiary/aromatic N) is 3. The second-order valence-electron chi connectivity index (χ2n) is 5.70. The highest BCUT2D eigenvalue weighted by atomic mass is 35.5. The summed E-state index contributed by atoms with van der Waals surface area (Å²) in [6.45, 7) is 6.25. The third-order valence-electron chi connectivity index (χ3n) is 3.58. The lowest BCUT2D eigenvalue weighted by Gasteiger charge is -2.13. The highest BCUT2D eigenvalue weighted by Gasteiger charge is 2.18. The molecule has 0 amide bonds. The first kappa shape index (κ1) is 17.5. The van der Waals surface area contributed by atoms with E-state index in [0.29, 0.717) is 16.3 Å². The Morgan fingerprint density at radius 2 is 2.12 bits per heavy atom. The van der Waals surface area contributed by atoms with Crippen molar-refractivity contribution in [1.82, 2.24) is 14.8 Å². The number of aromatic nitrogens is 3. The second-order valence-corrected chi connectivity index (χ2v) is 8.17. The number of thiophene rings is 1. The molecular formula is C17H17ClFN3S2. The summed E-state index contributed by atoms with van der Waals surface area (Å²) in [5.74, 6) is 0.967. The van der Waals surface area contributed by atoms with Crippen molar-refractivity contribution in [2.45, 2.75) is 37.7 Å². The summed E-state index contributed by atoms with van der Waals surface area (Å²) in [6.07, 6.45) is 0. The first-order valence-electron chi connectivity index (χ1n) is 7.53. The van der Waals surface area contributed by atoms with E-state index < -0.39 is 0 Å². The molecule has 126 valence electrons. The van der Waals surface area contributed by atoms with Crippen LogP contribution in [0.1, 0.15) is 30.3 Å². The lowest BCUT2D eigenvalue weighted by Crippen LogP contribution is -2.05. The van der Waals surface area contributed by atoms with Crippen LogP contribution < -0.4 is 0 Å². The second kappa shape index (κ2) is 7.25. The molecule has 0 spiro atoms. The molecule has 2 aromatic heterocycles. The zero-order valence-electron chi connectivity index (χ0n) is 13.6. The Balaban J connectivity index is 1.90. The SMILES string of the molecule is Cc1cc(-c2nnc(SCc3c(F)cccc3Cl)n2C(C)C)cs1. The van der Waals surface area contributed by atoms with E-state index in [9.17, 15) is 4.39 Å². The van der Waals surface area contributed by atoms with Gasteiger partial charge in [0.25, 0.3) is 0 Å². The van der Waals surface area contributed by atoms with E-state index in [-0.39, 0.29) is 11.9 Å². The number of thioether (sulfide) groups is 1. The monoisotopic (exact) mass is 381 g/mol. The summed E-state index contributed by atoms with van der Waals surface area (Å²) in [6, 6.07) is 7.05. The topological polar surface area (TPSA) is 30.7 Å². The molecule has 0 radical (unpaired) electrons. The van der Waals surface area contributed by atoms with Crippen LogP contribution in [0.25, 0.3) is 11.4 Å². The largest absolute Gasteiger partial charge is 0.299 e. The number of halogens is 2. The Hall–Kier alpha value is -1.37. The van der Waals surface area contributed by atoms with Crippen molar-refractivity contribution >= 4 is 34.7 Å². The van der Waals surface area contributed by atoms with Crippen molar-refractivity contribution in [1.29, 1.82) is 0 Å². The number of hydrogen-bond acceptors (Lipinski definition) is 4. The quantitative estimate of drug-likeness (QED) is 0.509. The van der Waals surface area contributed by atoms with E-state index in [4.69, 9.17) is 11.6 Å². The lowest BCUT2D eigenvalue weighted by atomic mass is 10.2. The van der Waals surface area contributed by atoms with E-state index in [0.717, 1.165) is 16.5 Å². The molecule has 24 heavy (non-hydrogen) atoms. The van der Waals surface area contributed by atoms with Gasteiger partial charge in [-0.1, -0.05) is 29.4 Å². The first-order valence-corrected chi connectivity index (χ1v) is 9.77. The predicted octanol–water partition coefficient (Wildman–Crippen LogP) is 5.98. The molecule has 0 N–H and O–H groups in total. The van der Waals surface area contributed by atoms with Crippen LogP contribution in [0.4, 0.5) is 4.39 Å². The lowest BCUT2D eigenvalue weighted by molar-refractivity contribution is 0.555. The normalized spacial score (nSPS) is 11.4. The molecule has 0 aliphatic heterocycles. The molecule has 1 aromatic carbocycles. The summed E-state index contributed by atoms with van der Waals surface area (Å²) >= 11 is 9.24. The molecule has 3 aromatic rings. The Labute approximate surface area is 153 Å². The molecule has 3 nitrogen and oxygen atoms in total. The van der Waals surface area contributed by atoms with Gasteiger partial charge in [-0.3, -0.25) is 4.57 Å². The molecule has 7 heteroatoms. The van der Waals surface area contributed by atoms with Gasteiger partial charge < -0.3 is 0 Å². The van der Waals surface area contributed by atoms with E-state index in [1.54, 1.807) is 23.5 Å². The Morgan fingerprint density at radius 3 is 2.75 bits per heavy atom. The average Bonchev–Trinajstić information content (AvgIpc) is 3.12. The minimum Gasteiger partial charge on any atom is -0.299 e. The van der Waals surface area contributed by atoms with Gasteiger partial charge in [-0.05, 0) is 39.0 Å². The van der Waals surface area contributed by atoms with Crippen molar-refractivity contribution in [2.24, 2.45) is 0 Å². The van der Waals surface area contributed by atoms with Crippen molar-refractivity contribution < 1.29 is 4.39 Å². The Bertz CT molecular complexity index is 837. The van der Waals surface area contributed by atoms with E-state index >= 15 is 0 Å². The number of benzene rings is 1. The van der Waals surface area contributed by atoms with Crippen molar-refractivity contribution in [3.8, 4) is 11.4 Å². The standard InChI is InChI=1S/C17H17ClFN3S2/c1-10(2)22-16(12-7-11(3)23-8-12)20-21-17(22)24-9-13-14(18)5-4-6-15(13)19/h4-8,10H,9H2,1-3H3. The van der Waals surface area contributed by atoms with Gasteiger partial charge in [0.1, 0.15) is 5.82 Å². The van der Waals surface area contributed by atoms with Gasteiger partial charge in [0, 0.05) is 38.2 Å². The van der Waals surface area contributed by atoms with Crippen LogP contribution >= 0.6 is 34.7 Å².